The molecular weight excluding hydrogens is 158 g/mol. The van der Waals surface area contributed by atoms with E-state index in [1.807, 2.05) is 6.26 Å². The first-order chi connectivity index (χ1) is 4.35. The number of methoxy groups -OCH3 is 2. The van der Waals surface area contributed by atoms with E-state index in [4.69, 9.17) is 9.47 Å². The largest absolute Gasteiger partial charge is 0.453 e. The highest BCUT2D eigenvalue weighted by Gasteiger charge is 1.92. The van der Waals surface area contributed by atoms with Crippen LogP contribution in [-0.4, -0.2) is 26.6 Å². The van der Waals surface area contributed by atoms with Gasteiger partial charge < -0.3 is 9.47 Å². The molecule has 0 rings (SSSR count). The molecule has 0 saturated heterocycles. The zero-order chi connectivity index (χ0) is 7.11. The highest BCUT2D eigenvalue weighted by Crippen LogP contribution is 2.18. The van der Waals surface area contributed by atoms with Gasteiger partial charge in [-0.2, -0.15) is 0 Å². The maximum absolute atomic E-state index is 4.70. The van der Waals surface area contributed by atoms with E-state index >= 15 is 0 Å². The highest BCUT2D eigenvalue weighted by atomic mass is 33.1. The lowest BCUT2D eigenvalue weighted by Gasteiger charge is -1.98. The highest BCUT2D eigenvalue weighted by molar-refractivity contribution is 8.76. The van der Waals surface area contributed by atoms with Crippen LogP contribution in [0.5, 0.6) is 0 Å². The Balaban J connectivity index is 3.48. The number of hydrogen-bond donors (Lipinski definition) is 0. The summed E-state index contributed by atoms with van der Waals surface area (Å²) in [6.07, 6.45) is 2.23. The Kier molecular flexibility index (Phi) is 6.08. The van der Waals surface area contributed by atoms with Crippen LogP contribution in [0.1, 0.15) is 0 Å². The second-order valence-electron chi connectivity index (χ2n) is 1.01. The first-order valence-electron chi connectivity index (χ1n) is 2.21. The molecule has 0 atom stereocenters. The molecular formula is C4H9NO2S2. The SMILES string of the molecule is COC(=NSSC)OC. The third-order valence-electron chi connectivity index (χ3n) is 0.536. The van der Waals surface area contributed by atoms with Crippen molar-refractivity contribution in [2.24, 2.45) is 4.40 Å². The Morgan fingerprint density at radius 3 is 2.22 bits per heavy atom. The second kappa shape index (κ2) is 6.10. The molecule has 0 aliphatic heterocycles. The van der Waals surface area contributed by atoms with Gasteiger partial charge in [0.15, 0.2) is 0 Å². The molecule has 54 valence electrons. The Hall–Kier alpha value is -0.0300. The predicted octanol–water partition coefficient (Wildman–Crippen LogP) is 1.56. The molecule has 0 unspecified atom stereocenters. The lowest BCUT2D eigenvalue weighted by molar-refractivity contribution is 0.245. The van der Waals surface area contributed by atoms with Crippen molar-refractivity contribution in [2.75, 3.05) is 20.5 Å². The van der Waals surface area contributed by atoms with Crippen LogP contribution in [0.2, 0.25) is 0 Å². The number of rotatable bonds is 2. The van der Waals surface area contributed by atoms with Crippen LogP contribution < -0.4 is 0 Å². The maximum Gasteiger partial charge on any atom is 0.395 e. The monoisotopic (exact) mass is 167 g/mol. The van der Waals surface area contributed by atoms with Crippen molar-refractivity contribution in [3.05, 3.63) is 0 Å². The van der Waals surface area contributed by atoms with E-state index in [9.17, 15) is 0 Å². The van der Waals surface area contributed by atoms with E-state index in [-0.39, 0.29) is 0 Å². The van der Waals surface area contributed by atoms with Crippen LogP contribution in [-0.2, 0) is 9.47 Å². The summed E-state index contributed by atoms with van der Waals surface area (Å²) in [6, 6.07) is 0. The minimum absolute atomic E-state index is 0.300. The van der Waals surface area contributed by atoms with Crippen molar-refractivity contribution in [1.82, 2.24) is 0 Å². The molecule has 0 aromatic rings. The van der Waals surface area contributed by atoms with Gasteiger partial charge in [-0.1, -0.05) is 10.8 Å². The molecule has 0 amide bonds. The molecule has 0 aromatic heterocycles. The van der Waals surface area contributed by atoms with Crippen LogP contribution in [0.3, 0.4) is 0 Å². The van der Waals surface area contributed by atoms with Gasteiger partial charge in [0.25, 0.3) is 0 Å². The van der Waals surface area contributed by atoms with Crippen LogP contribution >= 0.6 is 21.8 Å². The summed E-state index contributed by atoms with van der Waals surface area (Å²) in [4.78, 5) is 0. The van der Waals surface area contributed by atoms with Gasteiger partial charge in [0, 0.05) is 0 Å². The smallest absolute Gasteiger partial charge is 0.395 e. The molecule has 0 saturated carbocycles. The molecule has 0 aliphatic carbocycles. The van der Waals surface area contributed by atoms with Crippen LogP contribution in [0, 0.1) is 0 Å². The summed E-state index contributed by atoms with van der Waals surface area (Å²) in [5.41, 5.74) is 0. The third-order valence-corrected chi connectivity index (χ3v) is 1.58. The van der Waals surface area contributed by atoms with Gasteiger partial charge in [0.1, 0.15) is 0 Å². The molecule has 0 fully saturated rings. The summed E-state index contributed by atoms with van der Waals surface area (Å²) >= 11 is 0. The van der Waals surface area contributed by atoms with Crippen molar-refractivity contribution in [3.8, 4) is 0 Å². The van der Waals surface area contributed by atoms with Gasteiger partial charge in [0.2, 0.25) is 0 Å². The molecule has 0 aromatic carbocycles. The summed E-state index contributed by atoms with van der Waals surface area (Å²) in [5.74, 6) is 0. The van der Waals surface area contributed by atoms with E-state index in [2.05, 4.69) is 4.40 Å². The van der Waals surface area contributed by atoms with Gasteiger partial charge >= 0.3 is 6.08 Å². The fourth-order valence-electron chi connectivity index (χ4n) is 0.226. The van der Waals surface area contributed by atoms with Crippen LogP contribution in [0.15, 0.2) is 4.40 Å². The van der Waals surface area contributed by atoms with Crippen molar-refractivity contribution in [1.29, 1.82) is 0 Å². The van der Waals surface area contributed by atoms with E-state index in [1.54, 1.807) is 0 Å². The summed E-state index contributed by atoms with van der Waals surface area (Å²) in [7, 11) is 5.88. The zero-order valence-corrected chi connectivity index (χ0v) is 7.21. The van der Waals surface area contributed by atoms with Crippen molar-refractivity contribution in [2.45, 2.75) is 0 Å². The van der Waals surface area contributed by atoms with Crippen LogP contribution in [0.25, 0.3) is 0 Å². The van der Waals surface area contributed by atoms with E-state index in [0.29, 0.717) is 6.08 Å². The Morgan fingerprint density at radius 1 is 1.33 bits per heavy atom. The van der Waals surface area contributed by atoms with Crippen LogP contribution in [0.4, 0.5) is 0 Å². The summed E-state index contributed by atoms with van der Waals surface area (Å²) in [5, 5.41) is 0. The molecule has 0 heterocycles. The average Bonchev–Trinajstić information content (AvgIpc) is 1.91. The molecule has 0 radical (unpaired) electrons. The van der Waals surface area contributed by atoms with Gasteiger partial charge in [-0.05, 0) is 6.26 Å². The molecule has 0 spiro atoms. The van der Waals surface area contributed by atoms with Crippen molar-refractivity contribution < 1.29 is 9.47 Å². The minimum Gasteiger partial charge on any atom is -0.453 e. The quantitative estimate of drug-likeness (QED) is 0.270. The molecule has 0 bridgehead atoms. The summed E-state index contributed by atoms with van der Waals surface area (Å²) in [6.45, 7) is 0. The fourth-order valence-corrected chi connectivity index (χ4v) is 0.916. The molecule has 0 aliphatic rings. The predicted molar refractivity (Wildman–Crippen MR) is 42.6 cm³/mol. The number of nitrogens with zero attached hydrogens (tertiary/aromatic N) is 1. The average molecular weight is 167 g/mol. The maximum atomic E-state index is 4.70. The molecule has 9 heavy (non-hydrogen) atoms. The normalized spacial score (nSPS) is 8.33. The van der Waals surface area contributed by atoms with Gasteiger partial charge in [-0.15, -0.1) is 4.40 Å². The fraction of sp³-hybridized carbons (Fsp3) is 0.750. The van der Waals surface area contributed by atoms with Gasteiger partial charge in [-0.3, -0.25) is 0 Å². The van der Waals surface area contributed by atoms with Crippen molar-refractivity contribution in [3.63, 3.8) is 0 Å². The molecule has 0 N–H and O–H groups in total. The lowest BCUT2D eigenvalue weighted by atomic mass is 11.2. The topological polar surface area (TPSA) is 30.8 Å². The van der Waals surface area contributed by atoms with Gasteiger partial charge in [-0.25, -0.2) is 0 Å². The first-order valence-corrected chi connectivity index (χ1v) is 4.72. The summed E-state index contributed by atoms with van der Waals surface area (Å²) < 4.78 is 13.2. The second-order valence-corrected chi connectivity index (χ2v) is 3.12. The van der Waals surface area contributed by atoms with E-state index < -0.39 is 0 Å². The first kappa shape index (κ1) is 8.97. The Morgan fingerprint density at radius 2 is 1.89 bits per heavy atom. The number of ether oxygens (including phenoxy) is 2. The molecule has 5 heteroatoms. The Labute approximate surface area is 62.7 Å². The van der Waals surface area contributed by atoms with E-state index in [0.717, 1.165) is 0 Å². The third kappa shape index (κ3) is 4.47. The number of hydrogen-bond acceptors (Lipinski definition) is 5. The van der Waals surface area contributed by atoms with E-state index in [1.165, 1.54) is 36.0 Å². The zero-order valence-electron chi connectivity index (χ0n) is 5.58. The molecule has 3 nitrogen and oxygen atoms in total. The van der Waals surface area contributed by atoms with Crippen molar-refractivity contribution >= 4 is 27.9 Å². The Bertz CT molecular complexity index is 90.6. The lowest BCUT2D eigenvalue weighted by Crippen LogP contribution is -2.01. The minimum atomic E-state index is 0.300. The van der Waals surface area contributed by atoms with Gasteiger partial charge in [0.05, 0.1) is 25.2 Å². The standard InChI is InChI=1S/C4H9NO2S2/c1-6-4(7-2)5-9-8-3/h1-3H3.